The molecule has 7 heteroatoms. The van der Waals surface area contributed by atoms with Crippen LogP contribution in [0.2, 0.25) is 5.02 Å². The molecule has 108 valence electrons. The smallest absolute Gasteiger partial charge is 0.236 e. The maximum atomic E-state index is 12.0. The van der Waals surface area contributed by atoms with Gasteiger partial charge in [-0.3, -0.25) is 4.72 Å². The van der Waals surface area contributed by atoms with Gasteiger partial charge in [-0.05, 0) is 29.8 Å². The molecular weight excluding hydrogens is 312 g/mol. The number of hydrogen-bond acceptors (Lipinski definition) is 4. The number of benzene rings is 2. The number of rotatable bonds is 4. The molecule has 2 aromatic carbocycles. The van der Waals surface area contributed by atoms with Crippen LogP contribution in [0.4, 0.5) is 5.69 Å². The molecule has 0 radical (unpaired) electrons. The second-order valence-corrected chi connectivity index (χ2v) is 6.47. The number of sulfonamides is 1. The van der Waals surface area contributed by atoms with Crippen molar-refractivity contribution >= 4 is 27.3 Å². The first-order chi connectivity index (χ1) is 9.89. The van der Waals surface area contributed by atoms with E-state index in [-0.39, 0.29) is 22.2 Å². The van der Waals surface area contributed by atoms with Crippen molar-refractivity contribution in [2.24, 2.45) is 0 Å². The Labute approximate surface area is 127 Å². The second-order valence-electron chi connectivity index (χ2n) is 4.34. The molecule has 0 spiro atoms. The van der Waals surface area contributed by atoms with Crippen LogP contribution in [-0.2, 0) is 15.8 Å². The van der Waals surface area contributed by atoms with Gasteiger partial charge in [-0.2, -0.15) is 5.26 Å². The van der Waals surface area contributed by atoms with Gasteiger partial charge in [0.1, 0.15) is 5.75 Å². The van der Waals surface area contributed by atoms with Gasteiger partial charge in [0.15, 0.2) is 0 Å². The number of nitriles is 1. The van der Waals surface area contributed by atoms with Crippen molar-refractivity contribution in [1.29, 1.82) is 5.26 Å². The molecule has 0 aliphatic rings. The fourth-order valence-electron chi connectivity index (χ4n) is 1.69. The van der Waals surface area contributed by atoms with Crippen LogP contribution in [0.15, 0.2) is 42.5 Å². The third-order valence-electron chi connectivity index (χ3n) is 2.66. The highest BCUT2D eigenvalue weighted by atomic mass is 35.5. The average molecular weight is 323 g/mol. The molecule has 0 aromatic heterocycles. The zero-order valence-corrected chi connectivity index (χ0v) is 12.3. The van der Waals surface area contributed by atoms with E-state index >= 15 is 0 Å². The number of anilines is 1. The van der Waals surface area contributed by atoms with Crippen LogP contribution in [0, 0.1) is 11.3 Å². The first kappa shape index (κ1) is 15.2. The standard InChI is InChI=1S/C14H11ClN2O3S/c15-13-6-5-12(7-14(13)18)17-21(19,20)9-11-3-1-10(8-16)2-4-11/h1-7,17-18H,9H2. The summed E-state index contributed by atoms with van der Waals surface area (Å²) in [6, 6.07) is 12.3. The largest absolute Gasteiger partial charge is 0.506 e. The number of aromatic hydroxyl groups is 1. The zero-order valence-electron chi connectivity index (χ0n) is 10.7. The summed E-state index contributed by atoms with van der Waals surface area (Å²) in [6.07, 6.45) is 0. The summed E-state index contributed by atoms with van der Waals surface area (Å²) in [5, 5.41) is 18.3. The quantitative estimate of drug-likeness (QED) is 0.905. The van der Waals surface area contributed by atoms with Crippen molar-refractivity contribution < 1.29 is 13.5 Å². The average Bonchev–Trinajstić information content (AvgIpc) is 2.43. The molecule has 0 amide bonds. The molecule has 0 aliphatic carbocycles. The van der Waals surface area contributed by atoms with Crippen LogP contribution in [0.25, 0.3) is 0 Å². The third-order valence-corrected chi connectivity index (χ3v) is 4.24. The number of nitrogens with one attached hydrogen (secondary N) is 1. The maximum absolute atomic E-state index is 12.0. The van der Waals surface area contributed by atoms with Crippen molar-refractivity contribution in [3.05, 3.63) is 58.6 Å². The Bertz CT molecular complexity index is 796. The molecule has 2 rings (SSSR count). The molecule has 0 aliphatic heterocycles. The van der Waals surface area contributed by atoms with Gasteiger partial charge in [-0.15, -0.1) is 0 Å². The molecule has 0 fully saturated rings. The van der Waals surface area contributed by atoms with Gasteiger partial charge < -0.3 is 5.11 Å². The van der Waals surface area contributed by atoms with Gasteiger partial charge in [-0.25, -0.2) is 8.42 Å². The van der Waals surface area contributed by atoms with Crippen LogP contribution >= 0.6 is 11.6 Å². The molecule has 5 nitrogen and oxygen atoms in total. The van der Waals surface area contributed by atoms with E-state index in [1.165, 1.54) is 18.2 Å². The van der Waals surface area contributed by atoms with E-state index in [4.69, 9.17) is 16.9 Å². The van der Waals surface area contributed by atoms with Crippen molar-refractivity contribution in [1.82, 2.24) is 0 Å². The van der Waals surface area contributed by atoms with Crippen LogP contribution < -0.4 is 4.72 Å². The topological polar surface area (TPSA) is 90.2 Å². The first-order valence-corrected chi connectivity index (χ1v) is 7.91. The van der Waals surface area contributed by atoms with Crippen molar-refractivity contribution in [3.8, 4) is 11.8 Å². The molecule has 0 heterocycles. The number of phenolic OH excluding ortho intramolecular Hbond substituents is 1. The van der Waals surface area contributed by atoms with E-state index in [1.54, 1.807) is 24.3 Å². The van der Waals surface area contributed by atoms with Crippen LogP contribution in [-0.4, -0.2) is 13.5 Å². The lowest BCUT2D eigenvalue weighted by molar-refractivity contribution is 0.476. The molecule has 0 saturated heterocycles. The molecule has 2 aromatic rings. The van der Waals surface area contributed by atoms with Gasteiger partial charge in [-0.1, -0.05) is 23.7 Å². The summed E-state index contributed by atoms with van der Waals surface area (Å²) < 4.78 is 26.4. The van der Waals surface area contributed by atoms with Crippen molar-refractivity contribution in [3.63, 3.8) is 0 Å². The summed E-state index contributed by atoms with van der Waals surface area (Å²) in [6.45, 7) is 0. The Morgan fingerprint density at radius 2 is 1.86 bits per heavy atom. The lowest BCUT2D eigenvalue weighted by Crippen LogP contribution is -2.15. The Morgan fingerprint density at radius 3 is 2.43 bits per heavy atom. The minimum atomic E-state index is -3.62. The summed E-state index contributed by atoms with van der Waals surface area (Å²) in [4.78, 5) is 0. The zero-order chi connectivity index (χ0) is 15.5. The summed E-state index contributed by atoms with van der Waals surface area (Å²) in [5.41, 5.74) is 1.25. The van der Waals surface area contributed by atoms with Crippen LogP contribution in [0.5, 0.6) is 5.75 Å². The fourth-order valence-corrected chi connectivity index (χ4v) is 2.99. The number of nitrogens with zero attached hydrogens (tertiary/aromatic N) is 1. The summed E-state index contributed by atoms with van der Waals surface area (Å²) >= 11 is 5.66. The van der Waals surface area contributed by atoms with Crippen LogP contribution in [0.3, 0.4) is 0 Å². The van der Waals surface area contributed by atoms with Gasteiger partial charge in [0.2, 0.25) is 10.0 Å². The van der Waals surface area contributed by atoms with E-state index in [2.05, 4.69) is 4.72 Å². The molecule has 0 bridgehead atoms. The Morgan fingerprint density at radius 1 is 1.19 bits per heavy atom. The lowest BCUT2D eigenvalue weighted by atomic mass is 10.2. The predicted molar refractivity (Wildman–Crippen MR) is 80.5 cm³/mol. The van der Waals surface area contributed by atoms with Gasteiger partial charge in [0, 0.05) is 6.07 Å². The van der Waals surface area contributed by atoms with E-state index in [1.807, 2.05) is 6.07 Å². The Kier molecular flexibility index (Phi) is 4.36. The normalized spacial score (nSPS) is 10.9. The summed E-state index contributed by atoms with van der Waals surface area (Å²) in [5.74, 6) is -0.433. The SMILES string of the molecule is N#Cc1ccc(CS(=O)(=O)Nc2ccc(Cl)c(O)c2)cc1. The monoisotopic (exact) mass is 322 g/mol. The van der Waals surface area contributed by atoms with Gasteiger partial charge >= 0.3 is 0 Å². The highest BCUT2D eigenvalue weighted by Crippen LogP contribution is 2.27. The van der Waals surface area contributed by atoms with E-state index in [0.717, 1.165) is 0 Å². The minimum Gasteiger partial charge on any atom is -0.506 e. The minimum absolute atomic E-state index is 0.144. The van der Waals surface area contributed by atoms with Gasteiger partial charge in [0.05, 0.1) is 28.1 Å². The fraction of sp³-hybridized carbons (Fsp3) is 0.0714. The molecule has 0 atom stereocenters. The highest BCUT2D eigenvalue weighted by molar-refractivity contribution is 7.91. The third kappa shape index (κ3) is 4.12. The summed E-state index contributed by atoms with van der Waals surface area (Å²) in [7, 11) is -3.62. The predicted octanol–water partition coefficient (Wildman–Crippen LogP) is 2.86. The van der Waals surface area contributed by atoms with E-state index in [9.17, 15) is 13.5 Å². The molecule has 0 saturated carbocycles. The number of phenols is 1. The van der Waals surface area contributed by atoms with E-state index in [0.29, 0.717) is 11.1 Å². The highest BCUT2D eigenvalue weighted by Gasteiger charge is 2.12. The Balaban J connectivity index is 2.14. The van der Waals surface area contributed by atoms with Crippen molar-refractivity contribution in [2.75, 3.05) is 4.72 Å². The van der Waals surface area contributed by atoms with Gasteiger partial charge in [0.25, 0.3) is 0 Å². The number of hydrogen-bond donors (Lipinski definition) is 2. The molecular formula is C14H11ClN2O3S. The molecule has 21 heavy (non-hydrogen) atoms. The van der Waals surface area contributed by atoms with E-state index < -0.39 is 10.0 Å². The number of halogens is 1. The molecule has 0 unspecified atom stereocenters. The van der Waals surface area contributed by atoms with Crippen molar-refractivity contribution in [2.45, 2.75) is 5.75 Å². The van der Waals surface area contributed by atoms with Crippen LogP contribution in [0.1, 0.15) is 11.1 Å². The second kappa shape index (κ2) is 6.04. The molecule has 2 N–H and O–H groups in total. The first-order valence-electron chi connectivity index (χ1n) is 5.88. The lowest BCUT2D eigenvalue weighted by Gasteiger charge is -2.09. The maximum Gasteiger partial charge on any atom is 0.236 e. The Hall–Kier alpha value is -2.23.